The molecule has 9 nitrogen and oxygen atoms in total. The van der Waals surface area contributed by atoms with Crippen molar-refractivity contribution in [2.75, 3.05) is 24.6 Å². The number of unbranched alkanes of at least 4 members (excludes halogenated alkanes) is 3. The van der Waals surface area contributed by atoms with E-state index in [1.54, 1.807) is 0 Å². The van der Waals surface area contributed by atoms with E-state index in [-0.39, 0.29) is 28.4 Å². The molecule has 22 heavy (non-hydrogen) atoms. The van der Waals surface area contributed by atoms with E-state index in [4.69, 9.17) is 34.2 Å². The summed E-state index contributed by atoms with van der Waals surface area (Å²) < 4.78 is 0. The van der Waals surface area contributed by atoms with Gasteiger partial charge in [0.15, 0.2) is 28.4 Å². The average molecular weight is 329 g/mol. The van der Waals surface area contributed by atoms with Crippen LogP contribution in [-0.2, 0) is 0 Å². The van der Waals surface area contributed by atoms with Gasteiger partial charge in [0.05, 0.1) is 0 Å². The Morgan fingerprint density at radius 3 is 2.50 bits per heavy atom. The van der Waals surface area contributed by atoms with Crippen molar-refractivity contribution in [3.63, 3.8) is 0 Å². The standard InChI is InChI=1S/C12H21ClN8O/c13-8-10(16)20-9(15)7(19-8)11(22)21-12(17)18-6-4-2-1-3-5-14/h1-6,14H2,(H4,15,16,20)(H3,17,18,21,22). The van der Waals surface area contributed by atoms with Gasteiger partial charge in [-0.05, 0) is 19.4 Å². The lowest BCUT2D eigenvalue weighted by Crippen LogP contribution is -2.41. The molecule has 0 fully saturated rings. The number of guanidine groups is 1. The zero-order valence-electron chi connectivity index (χ0n) is 12.2. The largest absolute Gasteiger partial charge is 0.382 e. The van der Waals surface area contributed by atoms with Crippen LogP contribution in [-0.4, -0.2) is 34.9 Å². The van der Waals surface area contributed by atoms with Gasteiger partial charge in [0.25, 0.3) is 5.91 Å². The zero-order chi connectivity index (χ0) is 16.5. The molecule has 1 rings (SSSR count). The second-order valence-electron chi connectivity index (χ2n) is 4.59. The van der Waals surface area contributed by atoms with Gasteiger partial charge >= 0.3 is 0 Å². The van der Waals surface area contributed by atoms with E-state index < -0.39 is 5.91 Å². The highest BCUT2D eigenvalue weighted by Crippen LogP contribution is 2.16. The number of halogens is 1. The first kappa shape index (κ1) is 17.9. The molecule has 0 saturated carbocycles. The van der Waals surface area contributed by atoms with Gasteiger partial charge in [-0.15, -0.1) is 0 Å². The minimum Gasteiger partial charge on any atom is -0.382 e. The first-order valence-corrected chi connectivity index (χ1v) is 7.25. The maximum atomic E-state index is 11.9. The molecule has 0 atom stereocenters. The van der Waals surface area contributed by atoms with Crippen molar-refractivity contribution in [1.29, 1.82) is 5.41 Å². The van der Waals surface area contributed by atoms with Crippen molar-refractivity contribution in [2.24, 2.45) is 5.73 Å². The zero-order valence-corrected chi connectivity index (χ0v) is 12.9. The third kappa shape index (κ3) is 5.70. The lowest BCUT2D eigenvalue weighted by Gasteiger charge is -2.10. The van der Waals surface area contributed by atoms with E-state index in [0.717, 1.165) is 25.7 Å². The molecule has 0 aliphatic heterocycles. The van der Waals surface area contributed by atoms with Gasteiger partial charge in [-0.1, -0.05) is 24.4 Å². The van der Waals surface area contributed by atoms with Crippen LogP contribution in [0.1, 0.15) is 36.2 Å². The maximum Gasteiger partial charge on any atom is 0.280 e. The minimum absolute atomic E-state index is 0.0543. The normalized spacial score (nSPS) is 10.3. The van der Waals surface area contributed by atoms with Gasteiger partial charge in [-0.25, -0.2) is 9.97 Å². The van der Waals surface area contributed by atoms with Crippen LogP contribution in [0.5, 0.6) is 0 Å². The van der Waals surface area contributed by atoms with Crippen LogP contribution in [0.25, 0.3) is 0 Å². The first-order chi connectivity index (χ1) is 10.5. The number of carbonyl (C=O) groups is 1. The van der Waals surface area contributed by atoms with Crippen LogP contribution in [0.2, 0.25) is 5.15 Å². The molecule has 0 radical (unpaired) electrons. The van der Waals surface area contributed by atoms with Crippen molar-refractivity contribution in [1.82, 2.24) is 20.6 Å². The highest BCUT2D eigenvalue weighted by molar-refractivity contribution is 6.31. The van der Waals surface area contributed by atoms with E-state index in [0.29, 0.717) is 13.1 Å². The second kappa shape index (κ2) is 9.00. The van der Waals surface area contributed by atoms with Crippen LogP contribution in [0.15, 0.2) is 0 Å². The van der Waals surface area contributed by atoms with E-state index >= 15 is 0 Å². The number of hydrogen-bond donors (Lipinski definition) is 6. The topological polar surface area (TPSA) is 169 Å². The summed E-state index contributed by atoms with van der Waals surface area (Å²) in [6, 6.07) is 0. The summed E-state index contributed by atoms with van der Waals surface area (Å²) in [5.41, 5.74) is 16.2. The van der Waals surface area contributed by atoms with E-state index in [9.17, 15) is 4.79 Å². The Balaban J connectivity index is 2.41. The van der Waals surface area contributed by atoms with Gasteiger partial charge in [0, 0.05) is 6.54 Å². The molecule has 9 N–H and O–H groups in total. The summed E-state index contributed by atoms with van der Waals surface area (Å²) in [5.74, 6) is -1.01. The molecule has 1 aromatic heterocycles. The van der Waals surface area contributed by atoms with Crippen LogP contribution < -0.4 is 27.8 Å². The monoisotopic (exact) mass is 328 g/mol. The number of rotatable bonds is 7. The second-order valence-corrected chi connectivity index (χ2v) is 4.95. The van der Waals surface area contributed by atoms with E-state index in [2.05, 4.69) is 20.6 Å². The molecule has 0 saturated heterocycles. The van der Waals surface area contributed by atoms with Gasteiger partial charge in [0.2, 0.25) is 0 Å². The molecule has 0 aromatic carbocycles. The minimum atomic E-state index is -0.674. The number of hydrogen-bond acceptors (Lipinski definition) is 7. The SMILES string of the molecule is N=C(NCCCCCCN)NC(=O)c1nc(Cl)c(N)nc1N. The third-order valence-electron chi connectivity index (χ3n) is 2.79. The Morgan fingerprint density at radius 1 is 1.14 bits per heavy atom. The molecule has 122 valence electrons. The van der Waals surface area contributed by atoms with Crippen LogP contribution in [0.4, 0.5) is 11.6 Å². The molecular formula is C12H21ClN8O. The number of nitrogen functional groups attached to an aromatic ring is 2. The molecule has 10 heteroatoms. The van der Waals surface area contributed by atoms with Crippen molar-refractivity contribution in [3.8, 4) is 0 Å². The fourth-order valence-electron chi connectivity index (χ4n) is 1.66. The quantitative estimate of drug-likeness (QED) is 0.233. The van der Waals surface area contributed by atoms with Crippen LogP contribution in [0, 0.1) is 5.41 Å². The molecule has 0 unspecified atom stereocenters. The number of nitrogens with two attached hydrogens (primary N) is 3. The molecule has 1 aromatic rings. The van der Waals surface area contributed by atoms with Crippen molar-refractivity contribution >= 4 is 35.1 Å². The predicted molar refractivity (Wildman–Crippen MR) is 86.6 cm³/mol. The van der Waals surface area contributed by atoms with Crippen molar-refractivity contribution in [2.45, 2.75) is 25.7 Å². The highest BCUT2D eigenvalue weighted by Gasteiger charge is 2.16. The number of aromatic nitrogens is 2. The van der Waals surface area contributed by atoms with E-state index in [1.807, 2.05) is 0 Å². The number of nitrogens with zero attached hydrogens (tertiary/aromatic N) is 2. The Kier molecular flexibility index (Phi) is 7.33. The molecule has 1 amide bonds. The lowest BCUT2D eigenvalue weighted by atomic mass is 10.2. The third-order valence-corrected chi connectivity index (χ3v) is 3.07. The summed E-state index contributed by atoms with van der Waals surface area (Å²) in [6.07, 6.45) is 3.93. The van der Waals surface area contributed by atoms with Crippen LogP contribution in [0.3, 0.4) is 0 Å². The van der Waals surface area contributed by atoms with Crippen molar-refractivity contribution in [3.05, 3.63) is 10.8 Å². The van der Waals surface area contributed by atoms with Gasteiger partial charge in [-0.2, -0.15) is 0 Å². The molecule has 1 heterocycles. The fourth-order valence-corrected chi connectivity index (χ4v) is 1.79. The summed E-state index contributed by atoms with van der Waals surface area (Å²) >= 11 is 5.70. The molecule has 0 spiro atoms. The number of carbonyl (C=O) groups excluding carboxylic acids is 1. The Bertz CT molecular complexity index is 536. The van der Waals surface area contributed by atoms with Crippen LogP contribution >= 0.6 is 11.6 Å². The summed E-state index contributed by atoms with van der Waals surface area (Å²) in [4.78, 5) is 19.4. The highest BCUT2D eigenvalue weighted by atomic mass is 35.5. The van der Waals surface area contributed by atoms with E-state index in [1.165, 1.54) is 0 Å². The maximum absolute atomic E-state index is 11.9. The molecule has 0 aliphatic carbocycles. The van der Waals surface area contributed by atoms with Gasteiger partial charge in [-0.3, -0.25) is 15.5 Å². The summed E-state index contributed by atoms with van der Waals surface area (Å²) in [5, 5.41) is 12.6. The smallest absolute Gasteiger partial charge is 0.280 e. The number of anilines is 2. The van der Waals surface area contributed by atoms with Crippen molar-refractivity contribution < 1.29 is 4.79 Å². The fraction of sp³-hybridized carbons (Fsp3) is 0.500. The number of amides is 1. The average Bonchev–Trinajstić information content (AvgIpc) is 2.46. The number of nitrogens with one attached hydrogen (secondary N) is 3. The van der Waals surface area contributed by atoms with Gasteiger partial charge in [0.1, 0.15) is 0 Å². The van der Waals surface area contributed by atoms with Gasteiger partial charge < -0.3 is 22.5 Å². The Hall–Kier alpha value is -2.13. The summed E-state index contributed by atoms with van der Waals surface area (Å²) in [7, 11) is 0. The first-order valence-electron chi connectivity index (χ1n) is 6.88. The molecular weight excluding hydrogens is 308 g/mol. The summed E-state index contributed by atoms with van der Waals surface area (Å²) in [6.45, 7) is 1.26. The predicted octanol–water partition coefficient (Wildman–Crippen LogP) is 0.0677. The molecule has 0 aliphatic rings. The Labute approximate surface area is 133 Å². The Morgan fingerprint density at radius 2 is 1.82 bits per heavy atom. The molecule has 0 bridgehead atoms. The lowest BCUT2D eigenvalue weighted by molar-refractivity contribution is 0.0971.